The second kappa shape index (κ2) is 25.1. The van der Waals surface area contributed by atoms with Crippen molar-refractivity contribution in [1.29, 1.82) is 0 Å². The fourth-order valence-electron chi connectivity index (χ4n) is 12.3. The maximum Gasteiger partial charge on any atom is 0.471 e. The van der Waals surface area contributed by atoms with Crippen molar-refractivity contribution in [3.63, 3.8) is 0 Å². The predicted molar refractivity (Wildman–Crippen MR) is 353 cm³/mol. The summed E-state index contributed by atoms with van der Waals surface area (Å²) in [6, 6.07) is 18.6. The van der Waals surface area contributed by atoms with Gasteiger partial charge in [-0.2, -0.15) is 0 Å². The number of carbonyl (C=O) groups is 4. The number of aromatic hydroxyl groups is 2. The van der Waals surface area contributed by atoms with E-state index in [0.717, 1.165) is 28.7 Å². The van der Waals surface area contributed by atoms with Crippen LogP contribution in [0.3, 0.4) is 0 Å². The lowest BCUT2D eigenvalue weighted by molar-refractivity contribution is -0.000334. The summed E-state index contributed by atoms with van der Waals surface area (Å²) in [5.41, 5.74) is 5.69. The van der Waals surface area contributed by atoms with E-state index in [1.54, 1.807) is 27.2 Å². The minimum Gasteiger partial charge on any atom is -0.510 e. The molecule has 0 amide bonds. The molecule has 0 aromatic heterocycles. The summed E-state index contributed by atoms with van der Waals surface area (Å²) in [6.07, 6.45) is -1.15. The van der Waals surface area contributed by atoms with E-state index in [1.165, 1.54) is 0 Å². The highest BCUT2D eigenvalue weighted by atomic mass is 28.4. The molecule has 6 aromatic carbocycles. The van der Waals surface area contributed by atoms with Crippen LogP contribution in [0.15, 0.2) is 60.7 Å². The zero-order valence-electron chi connectivity index (χ0n) is 55.7. The number of Topliss-reactive ketones (excluding diaryl/α,β-unsaturated/α-hetero) is 2. The van der Waals surface area contributed by atoms with Crippen molar-refractivity contribution < 1.29 is 76.3 Å². The van der Waals surface area contributed by atoms with Crippen molar-refractivity contribution in [3.05, 3.63) is 127 Å². The molecule has 89 heavy (non-hydrogen) atoms. The molecular weight excluding hydrogens is 1180 g/mol. The maximum absolute atomic E-state index is 15.0. The number of ether oxygens (including phenoxy) is 4. The molecular formula is C70H92O16Si3. The van der Waals surface area contributed by atoms with Gasteiger partial charge in [-0.25, -0.2) is 0 Å². The van der Waals surface area contributed by atoms with Crippen molar-refractivity contribution in [2.24, 2.45) is 0 Å². The first kappa shape index (κ1) is 68.6. The summed E-state index contributed by atoms with van der Waals surface area (Å²) in [6.45, 7) is 36.9. The lowest BCUT2D eigenvalue weighted by Crippen LogP contribution is -2.63. The van der Waals surface area contributed by atoms with Crippen LogP contribution in [-0.2, 0) is 44.8 Å². The Morgan fingerprint density at radius 2 is 0.933 bits per heavy atom. The summed E-state index contributed by atoms with van der Waals surface area (Å²) in [4.78, 5) is 53.5. The third-order valence-electron chi connectivity index (χ3n) is 19.1. The lowest BCUT2D eigenvalue weighted by Gasteiger charge is -2.51. The Kier molecular flexibility index (Phi) is 19.3. The van der Waals surface area contributed by atoms with Gasteiger partial charge in [0.05, 0.1) is 85.9 Å². The number of methoxy groups -OCH3 is 2. The van der Waals surface area contributed by atoms with E-state index in [2.05, 4.69) is 96.2 Å². The fraction of sp³-hybridized carbons (Fsp3) is 0.486. The number of aliphatic hydroxyl groups is 2. The van der Waals surface area contributed by atoms with Crippen LogP contribution in [0.25, 0.3) is 21.5 Å². The molecule has 2 aliphatic carbocycles. The number of phenolic OH excluding ortho intramolecular Hbond substituents is 2. The number of phenols is 2. The highest BCUT2D eigenvalue weighted by molar-refractivity contribution is 6.76. The van der Waals surface area contributed by atoms with Crippen LogP contribution in [0.4, 0.5) is 0 Å². The van der Waals surface area contributed by atoms with Crippen molar-refractivity contribution in [2.45, 2.75) is 207 Å². The molecule has 4 atom stereocenters. The number of fused-ring (bicyclic) bond motifs is 4. The second-order valence-electron chi connectivity index (χ2n) is 29.1. The normalized spacial score (nSPS) is 18.5. The molecule has 480 valence electrons. The minimum absolute atomic E-state index is 0.0104. The molecule has 1 heterocycles. The Hall–Kier alpha value is -6.27. The van der Waals surface area contributed by atoms with Gasteiger partial charge in [-0.3, -0.25) is 19.2 Å². The monoisotopic (exact) mass is 1270 g/mol. The number of hydrogen-bond donors (Lipinski definition) is 4. The van der Waals surface area contributed by atoms with Gasteiger partial charge >= 0.3 is 8.56 Å². The maximum atomic E-state index is 15.0. The van der Waals surface area contributed by atoms with E-state index >= 15 is 4.79 Å². The Balaban J connectivity index is 0.000000235. The average molecular weight is 1270 g/mol. The standard InChI is InChI=1S/C39H54O8Si2.C31H38O8Si/c1-23-18-26-28(21-41)31-29(44-22-24-14-16-25(43-11)17-15-24)19-30(45-48(12,13)37(2,3)4)34(42)33(31)36-32(26)35(27(23)20-40)46-49(47-36,38(5,6)7)39(8,9)10;1-17-12-20-22(15-33)25-23(38-16-18-8-10-19(37-5)11-9-18)13-24(39-40(6,7)31(2,3)4)29(35)27(25)30(36)26(20)28(34)21(17)14-32/h14-18,20,29-30,41H,19,21-22H2,1-13H3;8-12,14,23-24,33-34,36H,13,15-16H2,1-7H3/t29-,30-;23-,24-/m00/s1. The van der Waals surface area contributed by atoms with E-state index in [0.29, 0.717) is 85.1 Å². The van der Waals surface area contributed by atoms with Gasteiger partial charge in [0.2, 0.25) is 0 Å². The number of benzene rings is 6. The van der Waals surface area contributed by atoms with Crippen LogP contribution in [0, 0.1) is 13.8 Å². The zero-order valence-corrected chi connectivity index (χ0v) is 58.7. The van der Waals surface area contributed by atoms with Crippen LogP contribution in [0.5, 0.6) is 34.5 Å². The van der Waals surface area contributed by atoms with Gasteiger partial charge in [0, 0.05) is 34.0 Å². The number of rotatable bonds is 16. The summed E-state index contributed by atoms with van der Waals surface area (Å²) in [5, 5.41) is 44.4. The predicted octanol–water partition coefficient (Wildman–Crippen LogP) is 15.6. The number of ketones is 2. The molecule has 0 bridgehead atoms. The molecule has 19 heteroatoms. The van der Waals surface area contributed by atoms with Crippen molar-refractivity contribution >= 4 is 70.9 Å². The smallest absolute Gasteiger partial charge is 0.471 e. The van der Waals surface area contributed by atoms with E-state index in [1.807, 2.05) is 74.6 Å². The lowest BCUT2D eigenvalue weighted by atomic mass is 9.79. The van der Waals surface area contributed by atoms with Crippen LogP contribution < -0.4 is 18.3 Å². The van der Waals surface area contributed by atoms with Gasteiger partial charge in [0.1, 0.15) is 46.7 Å². The number of hydrogen-bond acceptors (Lipinski definition) is 16. The average Bonchev–Trinajstić information content (AvgIpc) is 0.703. The highest BCUT2D eigenvalue weighted by Gasteiger charge is 2.65. The molecule has 0 fully saturated rings. The van der Waals surface area contributed by atoms with Crippen LogP contribution in [0.2, 0.25) is 46.3 Å². The first-order chi connectivity index (χ1) is 41.4. The summed E-state index contributed by atoms with van der Waals surface area (Å²) in [7, 11) is -5.00. The number of aryl methyl sites for hydroxylation is 2. The van der Waals surface area contributed by atoms with Crippen LogP contribution in [-0.4, -0.2) is 96.2 Å². The Bertz CT molecular complexity index is 3700. The largest absolute Gasteiger partial charge is 0.510 e. The number of aldehydes is 2. The molecule has 1 aliphatic heterocycles. The number of aliphatic hydroxyl groups excluding tert-OH is 2. The highest BCUT2D eigenvalue weighted by Crippen LogP contribution is 2.61. The quantitative estimate of drug-likeness (QED) is 0.0522. The Morgan fingerprint density at radius 1 is 0.551 bits per heavy atom. The molecule has 0 saturated heterocycles. The molecule has 0 radical (unpaired) electrons. The zero-order chi connectivity index (χ0) is 66.1. The molecule has 16 nitrogen and oxygen atoms in total. The van der Waals surface area contributed by atoms with E-state index < -0.39 is 83.6 Å². The van der Waals surface area contributed by atoms with Gasteiger partial charge in [-0.1, -0.05) is 107 Å². The molecule has 6 aromatic rings. The first-order valence-electron chi connectivity index (χ1n) is 30.5. The molecule has 0 saturated carbocycles. The van der Waals surface area contributed by atoms with Crippen molar-refractivity contribution in [2.75, 3.05) is 14.2 Å². The molecule has 0 spiro atoms. The van der Waals surface area contributed by atoms with Gasteiger partial charge < -0.3 is 57.1 Å². The summed E-state index contributed by atoms with van der Waals surface area (Å²) < 4.78 is 51.6. The van der Waals surface area contributed by atoms with Crippen molar-refractivity contribution in [1.82, 2.24) is 0 Å². The van der Waals surface area contributed by atoms with E-state index in [-0.39, 0.29) is 58.6 Å². The summed E-state index contributed by atoms with van der Waals surface area (Å²) >= 11 is 0. The topological polar surface area (TPSA) is 223 Å². The van der Waals surface area contributed by atoms with Gasteiger partial charge in [0.15, 0.2) is 40.8 Å². The third-order valence-corrected chi connectivity index (χ3v) is 33.0. The SMILES string of the molecule is COc1ccc(CO[C@H]2C[C@H](O[Si](C)(C)C(C)(C)C)C(=O)c3c2c(CO)c2cc(C)c(C=O)c(O)c2c3O)cc1.COc1ccc(CO[C@H]2C[C@H](O[Si](C)(C)C(C)(C)C)C(=O)c3c2c(CO)c2cc(C)c(C=O)c4c2c3O[Si](C(C)(C)C)(C(C)(C)C)O4)cc1. The van der Waals surface area contributed by atoms with Crippen LogP contribution >= 0.6 is 0 Å². The van der Waals surface area contributed by atoms with Crippen LogP contribution in [0.1, 0.15) is 194 Å². The van der Waals surface area contributed by atoms with E-state index in [9.17, 15) is 34.8 Å². The second-order valence-corrected chi connectivity index (χ2v) is 43.2. The fourth-order valence-corrected chi connectivity index (χ4v) is 19.4. The van der Waals surface area contributed by atoms with Gasteiger partial charge in [0.25, 0.3) is 0 Å². The molecule has 9 rings (SSSR count). The molecule has 4 N–H and O–H groups in total. The Morgan fingerprint density at radius 3 is 1.31 bits per heavy atom. The summed E-state index contributed by atoms with van der Waals surface area (Å²) in [5.74, 6) is 0.785. The Labute approximate surface area is 527 Å². The molecule has 0 unspecified atom stereocenters. The molecule has 3 aliphatic rings. The van der Waals surface area contributed by atoms with Gasteiger partial charge in [-0.05, 0) is 131 Å². The first-order valence-corrected chi connectivity index (χ1v) is 38.1. The van der Waals surface area contributed by atoms with Crippen molar-refractivity contribution in [3.8, 4) is 34.5 Å². The number of carbonyl (C=O) groups excluding carboxylic acids is 4. The van der Waals surface area contributed by atoms with Gasteiger partial charge in [-0.15, -0.1) is 0 Å². The minimum atomic E-state index is -3.36. The third kappa shape index (κ3) is 12.5. The van der Waals surface area contributed by atoms with E-state index in [4.69, 9.17) is 36.7 Å².